The number of hydrogen-bond acceptors (Lipinski definition) is 5. The summed E-state index contributed by atoms with van der Waals surface area (Å²) in [6.45, 7) is 1.66. The largest absolute Gasteiger partial charge is 0.376 e. The highest BCUT2D eigenvalue weighted by atomic mass is 32.2. The normalized spacial score (nSPS) is 19.3. The van der Waals surface area contributed by atoms with E-state index in [1.54, 1.807) is 4.72 Å². The summed E-state index contributed by atoms with van der Waals surface area (Å²) < 4.78 is 62.4. The maximum absolute atomic E-state index is 13.6. The van der Waals surface area contributed by atoms with Crippen molar-refractivity contribution < 1.29 is 31.5 Å². The van der Waals surface area contributed by atoms with Crippen LogP contribution in [0.2, 0.25) is 0 Å². The third-order valence-corrected chi connectivity index (χ3v) is 4.21. The Morgan fingerprint density at radius 1 is 1.29 bits per heavy atom. The molecule has 1 unspecified atom stereocenters. The summed E-state index contributed by atoms with van der Waals surface area (Å²) >= 11 is 0. The molecule has 0 radical (unpaired) electrons. The van der Waals surface area contributed by atoms with Gasteiger partial charge >= 0.3 is 0 Å². The summed E-state index contributed by atoms with van der Waals surface area (Å²) in [5.41, 5.74) is -0.0542. The average molecular weight is 321 g/mol. The number of rotatable bonds is 3. The smallest absolute Gasteiger partial charge is 0.267 e. The van der Waals surface area contributed by atoms with E-state index in [2.05, 4.69) is 0 Å². The van der Waals surface area contributed by atoms with Gasteiger partial charge in [0.05, 0.1) is 19.8 Å². The van der Waals surface area contributed by atoms with E-state index < -0.39 is 38.6 Å². The van der Waals surface area contributed by atoms with Gasteiger partial charge in [0.25, 0.3) is 15.9 Å². The molecule has 0 aromatic heterocycles. The molecular formula is C12H13F2NO5S. The number of carbonyl (C=O) groups is 1. The molecule has 0 aliphatic carbocycles. The van der Waals surface area contributed by atoms with Crippen molar-refractivity contribution in [2.45, 2.75) is 17.9 Å². The Morgan fingerprint density at radius 2 is 2.00 bits per heavy atom. The van der Waals surface area contributed by atoms with Gasteiger partial charge in [-0.05, 0) is 18.6 Å². The lowest BCUT2D eigenvalue weighted by Crippen LogP contribution is -2.45. The Kier molecular flexibility index (Phi) is 4.55. The van der Waals surface area contributed by atoms with E-state index >= 15 is 0 Å². The quantitative estimate of drug-likeness (QED) is 0.876. The third-order valence-electron chi connectivity index (χ3n) is 2.85. The van der Waals surface area contributed by atoms with E-state index in [4.69, 9.17) is 9.47 Å². The molecular weight excluding hydrogens is 308 g/mol. The van der Waals surface area contributed by atoms with E-state index in [9.17, 15) is 22.0 Å². The van der Waals surface area contributed by atoms with Gasteiger partial charge in [-0.1, -0.05) is 0 Å². The van der Waals surface area contributed by atoms with Crippen LogP contribution in [0.25, 0.3) is 0 Å². The van der Waals surface area contributed by atoms with Crippen molar-refractivity contribution in [3.63, 3.8) is 0 Å². The molecule has 0 bridgehead atoms. The lowest BCUT2D eigenvalue weighted by molar-refractivity contribution is -0.145. The maximum atomic E-state index is 13.6. The number of carbonyl (C=O) groups excluding carboxylic acids is 1. The summed E-state index contributed by atoms with van der Waals surface area (Å²) in [7, 11) is -4.46. The standard InChI is InChI=1S/C12H13F2NO5S/c1-7-4-11(9(14)5-8(7)13)21(17,18)15-12(16)10-6-19-2-3-20-10/h4-5,10H,2-3,6H2,1H3,(H,15,16). The van der Waals surface area contributed by atoms with Crippen molar-refractivity contribution in [2.24, 2.45) is 0 Å². The van der Waals surface area contributed by atoms with Crippen molar-refractivity contribution in [1.82, 2.24) is 4.72 Å². The van der Waals surface area contributed by atoms with Crippen LogP contribution in [0, 0.1) is 18.6 Å². The molecule has 6 nitrogen and oxygen atoms in total. The van der Waals surface area contributed by atoms with Crippen LogP contribution >= 0.6 is 0 Å². The molecule has 1 N–H and O–H groups in total. The fourth-order valence-corrected chi connectivity index (χ4v) is 2.88. The van der Waals surface area contributed by atoms with Crippen molar-refractivity contribution in [3.05, 3.63) is 29.3 Å². The van der Waals surface area contributed by atoms with Crippen molar-refractivity contribution in [2.75, 3.05) is 19.8 Å². The zero-order chi connectivity index (χ0) is 15.6. The van der Waals surface area contributed by atoms with Gasteiger partial charge in [-0.15, -0.1) is 0 Å². The van der Waals surface area contributed by atoms with Crippen LogP contribution < -0.4 is 4.72 Å². The van der Waals surface area contributed by atoms with Crippen LogP contribution in [0.4, 0.5) is 8.78 Å². The van der Waals surface area contributed by atoms with Crippen LogP contribution in [0.5, 0.6) is 0 Å². The maximum Gasteiger partial charge on any atom is 0.267 e. The molecule has 0 saturated carbocycles. The highest BCUT2D eigenvalue weighted by Gasteiger charge is 2.29. The third kappa shape index (κ3) is 3.55. The molecule has 9 heteroatoms. The number of nitrogens with one attached hydrogen (secondary N) is 1. The highest BCUT2D eigenvalue weighted by Crippen LogP contribution is 2.19. The molecule has 1 saturated heterocycles. The first-order valence-electron chi connectivity index (χ1n) is 6.03. The van der Waals surface area contributed by atoms with Crippen molar-refractivity contribution in [1.29, 1.82) is 0 Å². The minimum absolute atomic E-state index is 0.0542. The molecule has 0 spiro atoms. The minimum atomic E-state index is -4.46. The molecule has 116 valence electrons. The first-order valence-corrected chi connectivity index (χ1v) is 7.51. The van der Waals surface area contributed by atoms with Gasteiger partial charge in [-0.2, -0.15) is 0 Å². The molecule has 1 heterocycles. The van der Waals surface area contributed by atoms with Gasteiger partial charge < -0.3 is 9.47 Å². The molecule has 1 aliphatic heterocycles. The Labute approximate surface area is 120 Å². The first kappa shape index (κ1) is 15.8. The predicted octanol–water partition coefficient (Wildman–Crippen LogP) is 0.494. The number of ether oxygens (including phenoxy) is 2. The van der Waals surface area contributed by atoms with E-state index in [0.29, 0.717) is 12.7 Å². The fraction of sp³-hybridized carbons (Fsp3) is 0.417. The number of hydrogen-bond donors (Lipinski definition) is 1. The molecule has 2 rings (SSSR count). The summed E-state index contributed by atoms with van der Waals surface area (Å²) in [5.74, 6) is -3.11. The number of benzene rings is 1. The van der Waals surface area contributed by atoms with Gasteiger partial charge in [0, 0.05) is 6.07 Å². The number of halogens is 2. The van der Waals surface area contributed by atoms with Crippen molar-refractivity contribution in [3.8, 4) is 0 Å². The molecule has 1 aromatic carbocycles. The number of aryl methyl sites for hydroxylation is 1. The van der Waals surface area contributed by atoms with Crippen LogP contribution in [-0.4, -0.2) is 40.2 Å². The Hall–Kier alpha value is -1.58. The fourth-order valence-electron chi connectivity index (χ4n) is 1.73. The first-order chi connectivity index (χ1) is 9.81. The summed E-state index contributed by atoms with van der Waals surface area (Å²) in [6, 6.07) is 1.27. The molecule has 1 aliphatic rings. The van der Waals surface area contributed by atoms with Crippen LogP contribution in [0.15, 0.2) is 17.0 Å². The number of sulfonamides is 1. The monoisotopic (exact) mass is 321 g/mol. The lowest BCUT2D eigenvalue weighted by Gasteiger charge is -2.22. The Morgan fingerprint density at radius 3 is 2.62 bits per heavy atom. The second-order valence-corrected chi connectivity index (χ2v) is 6.09. The van der Waals surface area contributed by atoms with E-state index in [-0.39, 0.29) is 18.8 Å². The SMILES string of the molecule is Cc1cc(S(=O)(=O)NC(=O)C2COCCO2)c(F)cc1F. The zero-order valence-electron chi connectivity index (χ0n) is 11.1. The molecule has 21 heavy (non-hydrogen) atoms. The lowest BCUT2D eigenvalue weighted by atomic mass is 10.2. The molecule has 1 amide bonds. The van der Waals surface area contributed by atoms with E-state index in [0.717, 1.165) is 6.07 Å². The van der Waals surface area contributed by atoms with Crippen LogP contribution in [0.3, 0.4) is 0 Å². The Bertz CT molecular complexity index is 656. The minimum Gasteiger partial charge on any atom is -0.376 e. The zero-order valence-corrected chi connectivity index (χ0v) is 11.9. The average Bonchev–Trinajstić information content (AvgIpc) is 2.43. The summed E-state index contributed by atoms with van der Waals surface area (Å²) in [4.78, 5) is 11.0. The summed E-state index contributed by atoms with van der Waals surface area (Å²) in [5, 5.41) is 0. The number of amides is 1. The van der Waals surface area contributed by atoms with Crippen LogP contribution in [0.1, 0.15) is 5.56 Å². The van der Waals surface area contributed by atoms with Gasteiger partial charge in [-0.25, -0.2) is 21.9 Å². The second kappa shape index (κ2) is 6.04. The molecule has 1 atom stereocenters. The predicted molar refractivity (Wildman–Crippen MR) is 67.0 cm³/mol. The van der Waals surface area contributed by atoms with Gasteiger partial charge in [0.2, 0.25) is 0 Å². The van der Waals surface area contributed by atoms with Gasteiger partial charge in [-0.3, -0.25) is 4.79 Å². The van der Waals surface area contributed by atoms with E-state index in [1.807, 2.05) is 0 Å². The topological polar surface area (TPSA) is 81.7 Å². The van der Waals surface area contributed by atoms with Gasteiger partial charge in [0.1, 0.15) is 16.5 Å². The highest BCUT2D eigenvalue weighted by molar-refractivity contribution is 7.90. The Balaban J connectivity index is 2.22. The van der Waals surface area contributed by atoms with E-state index in [1.165, 1.54) is 6.92 Å². The molecule has 1 fully saturated rings. The van der Waals surface area contributed by atoms with Gasteiger partial charge in [0.15, 0.2) is 6.10 Å². The summed E-state index contributed by atoms with van der Waals surface area (Å²) in [6.07, 6.45) is -1.09. The van der Waals surface area contributed by atoms with Crippen molar-refractivity contribution >= 4 is 15.9 Å². The van der Waals surface area contributed by atoms with Crippen LogP contribution in [-0.2, 0) is 24.3 Å². The second-order valence-electron chi connectivity index (χ2n) is 4.44. The molecule has 1 aromatic rings.